The number of hydrogen-bond donors (Lipinski definition) is 2. The van der Waals surface area contributed by atoms with E-state index in [4.69, 9.17) is 23.2 Å². The number of anilines is 1. The van der Waals surface area contributed by atoms with Gasteiger partial charge in [0.15, 0.2) is 0 Å². The molecule has 0 aliphatic carbocycles. The summed E-state index contributed by atoms with van der Waals surface area (Å²) in [5.74, 6) is -2.19. The number of halogens is 3. The Bertz CT molecular complexity index is 1310. The quantitative estimate of drug-likeness (QED) is 0.247. The van der Waals surface area contributed by atoms with Crippen molar-refractivity contribution in [2.24, 2.45) is 0 Å². The summed E-state index contributed by atoms with van der Waals surface area (Å²) in [5, 5.41) is 12.9. The van der Waals surface area contributed by atoms with Crippen molar-refractivity contribution in [2.45, 2.75) is 6.54 Å². The number of hydrogen-bond acceptors (Lipinski definition) is 4. The van der Waals surface area contributed by atoms with Crippen LogP contribution in [0.4, 0.5) is 10.1 Å². The molecule has 2 N–H and O–H groups in total. The number of aromatic hydroxyl groups is 1. The molecule has 4 rings (SSSR count). The molecule has 2 aromatic heterocycles. The zero-order valence-corrected chi connectivity index (χ0v) is 20.3. The second-order valence-corrected chi connectivity index (χ2v) is 7.57. The van der Waals surface area contributed by atoms with Gasteiger partial charge in [-0.25, -0.2) is 4.39 Å². The minimum absolute atomic E-state index is 0. The Hall–Kier alpha value is -2.42. The predicted octanol–water partition coefficient (Wildman–Crippen LogP) is 4.68. The first kappa shape index (κ1) is 24.2. The van der Waals surface area contributed by atoms with Crippen molar-refractivity contribution in [1.29, 1.82) is 0 Å². The van der Waals surface area contributed by atoms with Gasteiger partial charge in [-0.15, -0.1) is 0 Å². The van der Waals surface area contributed by atoms with Gasteiger partial charge in [0.25, 0.3) is 11.7 Å². The molecule has 0 spiro atoms. The van der Waals surface area contributed by atoms with E-state index in [-0.39, 0.29) is 62.4 Å². The maximum atomic E-state index is 13.2. The van der Waals surface area contributed by atoms with Crippen molar-refractivity contribution in [3.63, 3.8) is 0 Å². The number of carbonyl (C=O) groups excluding carboxylic acids is 2. The van der Waals surface area contributed by atoms with Gasteiger partial charge in [0.05, 0.1) is 21.3 Å². The third-order valence-corrected chi connectivity index (χ3v) is 5.25. The van der Waals surface area contributed by atoms with Gasteiger partial charge in [-0.05, 0) is 35.9 Å². The monoisotopic (exact) mass is 480 g/mol. The number of pyridine rings is 1. The average molecular weight is 481 g/mol. The van der Waals surface area contributed by atoms with E-state index < -0.39 is 11.7 Å². The number of phenolic OH excluding ortho intramolecular Hbond substituents is 1. The standard InChI is InChI=1S/C22H14Cl2FN3O3.Na/c23-17-8-26-9-18(24)20(17)27-22(31)21(30)16-11-28(10-12-1-3-13(25)4-2-12)19-6-5-14(29)7-15(16)19;/h1-9,11,29H,10H2,(H,26,27,31);. The summed E-state index contributed by atoms with van der Waals surface area (Å²) in [5.41, 5.74) is 1.59. The van der Waals surface area contributed by atoms with Crippen LogP contribution in [0.2, 0.25) is 10.0 Å². The van der Waals surface area contributed by atoms with Crippen LogP contribution >= 0.6 is 23.2 Å². The Labute approximate surface area is 214 Å². The van der Waals surface area contributed by atoms with E-state index in [1.54, 1.807) is 22.8 Å². The van der Waals surface area contributed by atoms with Gasteiger partial charge in [0, 0.05) is 65.6 Å². The Morgan fingerprint density at radius 2 is 1.72 bits per heavy atom. The van der Waals surface area contributed by atoms with Crippen molar-refractivity contribution in [2.75, 3.05) is 5.32 Å². The third kappa shape index (κ3) is 4.98. The second kappa shape index (κ2) is 10.0. The second-order valence-electron chi connectivity index (χ2n) is 6.76. The largest absolute Gasteiger partial charge is 0.508 e. The van der Waals surface area contributed by atoms with Crippen LogP contribution in [0.25, 0.3) is 10.9 Å². The van der Waals surface area contributed by atoms with Crippen molar-refractivity contribution < 1.29 is 19.1 Å². The maximum absolute atomic E-state index is 13.2. The fourth-order valence-electron chi connectivity index (χ4n) is 3.21. The topological polar surface area (TPSA) is 84.2 Å². The minimum Gasteiger partial charge on any atom is -0.508 e. The molecule has 0 saturated carbocycles. The molecule has 1 amide bonds. The Kier molecular flexibility index (Phi) is 7.59. The molecule has 2 aromatic carbocycles. The number of rotatable bonds is 5. The Morgan fingerprint density at radius 3 is 2.38 bits per heavy atom. The maximum Gasteiger partial charge on any atom is 0.296 e. The number of carbonyl (C=O) groups is 2. The van der Waals surface area contributed by atoms with E-state index in [0.29, 0.717) is 17.4 Å². The number of nitrogens with zero attached hydrogens (tertiary/aromatic N) is 2. The van der Waals surface area contributed by atoms with E-state index in [9.17, 15) is 19.1 Å². The number of ketones is 1. The van der Waals surface area contributed by atoms with Crippen molar-refractivity contribution in [3.8, 4) is 5.75 Å². The van der Waals surface area contributed by atoms with E-state index in [0.717, 1.165) is 5.56 Å². The summed E-state index contributed by atoms with van der Waals surface area (Å²) in [6.07, 6.45) is 4.10. The van der Waals surface area contributed by atoms with Crippen molar-refractivity contribution in [3.05, 3.63) is 88.0 Å². The first-order valence-corrected chi connectivity index (χ1v) is 9.80. The van der Waals surface area contributed by atoms with Gasteiger partial charge in [-0.1, -0.05) is 35.3 Å². The molecule has 0 aliphatic rings. The first-order valence-electron chi connectivity index (χ1n) is 9.04. The van der Waals surface area contributed by atoms with E-state index in [2.05, 4.69) is 10.3 Å². The van der Waals surface area contributed by atoms with Crippen LogP contribution in [0.15, 0.2) is 61.1 Å². The van der Waals surface area contributed by atoms with Gasteiger partial charge < -0.3 is 15.0 Å². The van der Waals surface area contributed by atoms with Crippen LogP contribution in [-0.2, 0) is 11.3 Å². The summed E-state index contributed by atoms with van der Waals surface area (Å²) in [6.45, 7) is 0.332. The number of Topliss-reactive ketones (excluding diaryl/α,β-unsaturated/α-hetero) is 1. The first-order chi connectivity index (χ1) is 14.8. The number of nitrogens with one attached hydrogen (secondary N) is 1. The molecule has 0 aliphatic heterocycles. The molecular formula is C22H14Cl2FN3NaO3. The SMILES string of the molecule is O=C(Nc1c(Cl)cncc1Cl)C(=O)c1cn(Cc2ccc(F)cc2)c2ccc(O)cc12.[Na]. The van der Waals surface area contributed by atoms with E-state index in [1.165, 1.54) is 42.9 Å². The number of benzene rings is 2. The Morgan fingerprint density at radius 1 is 1.06 bits per heavy atom. The van der Waals surface area contributed by atoms with Crippen LogP contribution in [0.5, 0.6) is 5.75 Å². The van der Waals surface area contributed by atoms with Crippen LogP contribution in [0, 0.1) is 5.82 Å². The molecule has 157 valence electrons. The van der Waals surface area contributed by atoms with Gasteiger partial charge in [-0.2, -0.15) is 0 Å². The zero-order chi connectivity index (χ0) is 22.1. The predicted molar refractivity (Wildman–Crippen MR) is 122 cm³/mol. The fourth-order valence-corrected chi connectivity index (χ4v) is 3.67. The number of fused-ring (bicyclic) bond motifs is 1. The van der Waals surface area contributed by atoms with E-state index >= 15 is 0 Å². The molecule has 32 heavy (non-hydrogen) atoms. The fraction of sp³-hybridized carbons (Fsp3) is 0.0455. The minimum atomic E-state index is -0.945. The molecule has 10 heteroatoms. The molecule has 6 nitrogen and oxygen atoms in total. The normalized spacial score (nSPS) is 10.6. The van der Waals surface area contributed by atoms with Crippen molar-refractivity contribution >= 4 is 81.0 Å². The van der Waals surface area contributed by atoms with Gasteiger partial charge >= 0.3 is 0 Å². The molecule has 1 radical (unpaired) electrons. The molecule has 0 unspecified atom stereocenters. The summed E-state index contributed by atoms with van der Waals surface area (Å²) < 4.78 is 15.0. The van der Waals surface area contributed by atoms with Gasteiger partial charge in [-0.3, -0.25) is 14.6 Å². The summed E-state index contributed by atoms with van der Waals surface area (Å²) in [7, 11) is 0. The molecule has 4 aromatic rings. The average Bonchev–Trinajstić information content (AvgIpc) is 3.09. The molecule has 0 bridgehead atoms. The summed E-state index contributed by atoms with van der Waals surface area (Å²) >= 11 is 12.0. The molecule has 0 fully saturated rings. The molecule has 0 atom stereocenters. The smallest absolute Gasteiger partial charge is 0.296 e. The summed E-state index contributed by atoms with van der Waals surface area (Å²) in [6, 6.07) is 10.5. The van der Waals surface area contributed by atoms with Crippen LogP contribution < -0.4 is 5.32 Å². The van der Waals surface area contributed by atoms with Crippen LogP contribution in [0.3, 0.4) is 0 Å². The summed E-state index contributed by atoms with van der Waals surface area (Å²) in [4.78, 5) is 29.4. The molecule has 2 heterocycles. The van der Waals surface area contributed by atoms with Crippen molar-refractivity contribution in [1.82, 2.24) is 9.55 Å². The number of aromatic nitrogens is 2. The van der Waals surface area contributed by atoms with E-state index in [1.807, 2.05) is 0 Å². The van der Waals surface area contributed by atoms with Gasteiger partial charge in [0.1, 0.15) is 11.6 Å². The van der Waals surface area contributed by atoms with Crippen LogP contribution in [0.1, 0.15) is 15.9 Å². The number of phenols is 1. The molecular weight excluding hydrogens is 467 g/mol. The molecule has 0 saturated heterocycles. The van der Waals surface area contributed by atoms with Crippen LogP contribution in [-0.4, -0.2) is 55.9 Å². The third-order valence-electron chi connectivity index (χ3n) is 4.67. The Balaban J connectivity index is 0.00000289. The van der Waals surface area contributed by atoms with Gasteiger partial charge in [0.2, 0.25) is 0 Å². The zero-order valence-electron chi connectivity index (χ0n) is 16.8. The number of amides is 1.